The Kier molecular flexibility index (Phi) is 3.23. The summed E-state index contributed by atoms with van der Waals surface area (Å²) in [5.41, 5.74) is 1.12. The molecule has 1 aromatic carbocycles. The Balaban J connectivity index is 2.24. The zero-order valence-electron chi connectivity index (χ0n) is 8.93. The standard InChI is InChI=1S/C13H11NOS/c1-2-15-11-5-3-10(4-6-11)13-8-7-12(9-14)16-13/h3-8H,2H2,1H3. The minimum atomic E-state index is 0.678. The van der Waals surface area contributed by atoms with Crippen LogP contribution in [0.2, 0.25) is 0 Å². The zero-order valence-corrected chi connectivity index (χ0v) is 9.75. The minimum Gasteiger partial charge on any atom is -0.494 e. The summed E-state index contributed by atoms with van der Waals surface area (Å²) in [6.07, 6.45) is 0. The number of hydrogen-bond acceptors (Lipinski definition) is 3. The number of rotatable bonds is 3. The van der Waals surface area contributed by atoms with E-state index in [9.17, 15) is 0 Å². The molecule has 0 saturated carbocycles. The molecule has 0 amide bonds. The van der Waals surface area contributed by atoms with Crippen molar-refractivity contribution in [2.45, 2.75) is 6.92 Å². The SMILES string of the molecule is CCOc1ccc(-c2ccc(C#N)s2)cc1. The second-order valence-electron chi connectivity index (χ2n) is 3.23. The van der Waals surface area contributed by atoms with Crippen molar-refractivity contribution in [3.8, 4) is 22.3 Å². The van der Waals surface area contributed by atoms with Crippen LogP contribution in [0.15, 0.2) is 36.4 Å². The van der Waals surface area contributed by atoms with Crippen LogP contribution in [0, 0.1) is 11.3 Å². The molecule has 2 rings (SSSR count). The molecule has 2 aromatic rings. The van der Waals surface area contributed by atoms with Crippen LogP contribution in [0.4, 0.5) is 0 Å². The summed E-state index contributed by atoms with van der Waals surface area (Å²) in [6, 6.07) is 13.9. The Hall–Kier alpha value is -1.79. The highest BCUT2D eigenvalue weighted by Gasteiger charge is 2.02. The van der Waals surface area contributed by atoms with Crippen LogP contribution in [0.1, 0.15) is 11.8 Å². The van der Waals surface area contributed by atoms with E-state index in [0.29, 0.717) is 6.61 Å². The molecule has 0 unspecified atom stereocenters. The molecule has 3 heteroatoms. The molecule has 0 aliphatic carbocycles. The predicted molar refractivity (Wildman–Crippen MR) is 65.6 cm³/mol. The fourth-order valence-corrected chi connectivity index (χ4v) is 2.24. The molecular weight excluding hydrogens is 218 g/mol. The van der Waals surface area contributed by atoms with Crippen molar-refractivity contribution in [1.82, 2.24) is 0 Å². The van der Waals surface area contributed by atoms with Gasteiger partial charge in [0.1, 0.15) is 16.7 Å². The van der Waals surface area contributed by atoms with Crippen LogP contribution < -0.4 is 4.74 Å². The van der Waals surface area contributed by atoms with Crippen molar-refractivity contribution in [2.75, 3.05) is 6.61 Å². The molecule has 2 nitrogen and oxygen atoms in total. The third-order valence-electron chi connectivity index (χ3n) is 2.17. The van der Waals surface area contributed by atoms with Gasteiger partial charge in [-0.3, -0.25) is 0 Å². The van der Waals surface area contributed by atoms with Gasteiger partial charge in [0.05, 0.1) is 6.61 Å². The highest BCUT2D eigenvalue weighted by atomic mass is 32.1. The van der Waals surface area contributed by atoms with Crippen molar-refractivity contribution in [3.63, 3.8) is 0 Å². The summed E-state index contributed by atoms with van der Waals surface area (Å²) < 4.78 is 5.37. The average molecular weight is 229 g/mol. The smallest absolute Gasteiger partial charge is 0.119 e. The zero-order chi connectivity index (χ0) is 11.4. The molecule has 1 heterocycles. The van der Waals surface area contributed by atoms with E-state index in [0.717, 1.165) is 21.1 Å². The third kappa shape index (κ3) is 2.23. The topological polar surface area (TPSA) is 33.0 Å². The molecule has 0 N–H and O–H groups in total. The van der Waals surface area contributed by atoms with Crippen molar-refractivity contribution in [1.29, 1.82) is 5.26 Å². The molecule has 0 saturated heterocycles. The van der Waals surface area contributed by atoms with Crippen LogP contribution in [-0.4, -0.2) is 6.61 Å². The van der Waals surface area contributed by atoms with Gasteiger partial charge in [0.25, 0.3) is 0 Å². The summed E-state index contributed by atoms with van der Waals surface area (Å²) in [7, 11) is 0. The lowest BCUT2D eigenvalue weighted by Gasteiger charge is -2.03. The first-order valence-corrected chi connectivity index (χ1v) is 5.88. The minimum absolute atomic E-state index is 0.678. The summed E-state index contributed by atoms with van der Waals surface area (Å²) in [4.78, 5) is 1.85. The van der Waals surface area contributed by atoms with Crippen LogP contribution in [0.5, 0.6) is 5.75 Å². The van der Waals surface area contributed by atoms with Crippen LogP contribution in [0.3, 0.4) is 0 Å². The van der Waals surface area contributed by atoms with Gasteiger partial charge in [0.15, 0.2) is 0 Å². The first-order valence-electron chi connectivity index (χ1n) is 5.06. The van der Waals surface area contributed by atoms with E-state index < -0.39 is 0 Å². The van der Waals surface area contributed by atoms with Gasteiger partial charge in [0.2, 0.25) is 0 Å². The summed E-state index contributed by atoms with van der Waals surface area (Å²) in [5.74, 6) is 0.878. The van der Waals surface area contributed by atoms with Crippen LogP contribution in [0.25, 0.3) is 10.4 Å². The van der Waals surface area contributed by atoms with E-state index in [1.807, 2.05) is 43.3 Å². The number of benzene rings is 1. The van der Waals surface area contributed by atoms with Crippen molar-refractivity contribution >= 4 is 11.3 Å². The summed E-state index contributed by atoms with van der Waals surface area (Å²) >= 11 is 1.50. The highest BCUT2D eigenvalue weighted by molar-refractivity contribution is 7.16. The second kappa shape index (κ2) is 4.82. The molecule has 0 fully saturated rings. The molecule has 0 radical (unpaired) electrons. The first kappa shape index (κ1) is 10.7. The molecule has 0 aliphatic rings. The fourth-order valence-electron chi connectivity index (χ4n) is 1.44. The predicted octanol–water partition coefficient (Wildman–Crippen LogP) is 3.69. The largest absolute Gasteiger partial charge is 0.494 e. The van der Waals surface area contributed by atoms with E-state index >= 15 is 0 Å². The molecule has 1 aromatic heterocycles. The number of nitrogens with zero attached hydrogens (tertiary/aromatic N) is 1. The molecule has 0 atom stereocenters. The van der Waals surface area contributed by atoms with Gasteiger partial charge in [-0.1, -0.05) is 0 Å². The van der Waals surface area contributed by atoms with Crippen LogP contribution >= 0.6 is 11.3 Å². The van der Waals surface area contributed by atoms with Crippen molar-refractivity contribution in [2.24, 2.45) is 0 Å². The summed E-state index contributed by atoms with van der Waals surface area (Å²) in [6.45, 7) is 2.64. The number of ether oxygens (including phenoxy) is 1. The number of hydrogen-bond donors (Lipinski definition) is 0. The second-order valence-corrected chi connectivity index (χ2v) is 4.32. The molecule has 0 aliphatic heterocycles. The maximum atomic E-state index is 8.75. The summed E-state index contributed by atoms with van der Waals surface area (Å²) in [5, 5.41) is 8.75. The van der Waals surface area contributed by atoms with Gasteiger partial charge >= 0.3 is 0 Å². The molecule has 16 heavy (non-hydrogen) atoms. The lowest BCUT2D eigenvalue weighted by molar-refractivity contribution is 0.340. The molecule has 0 spiro atoms. The first-order chi connectivity index (χ1) is 7.83. The van der Waals surface area contributed by atoms with E-state index in [4.69, 9.17) is 10.00 Å². The average Bonchev–Trinajstić information content (AvgIpc) is 2.79. The van der Waals surface area contributed by atoms with Gasteiger partial charge in [-0.15, -0.1) is 11.3 Å². The Morgan fingerprint density at radius 3 is 2.50 bits per heavy atom. The van der Waals surface area contributed by atoms with E-state index in [2.05, 4.69) is 6.07 Å². The van der Waals surface area contributed by atoms with Gasteiger partial charge in [-0.25, -0.2) is 0 Å². The lowest BCUT2D eigenvalue weighted by atomic mass is 10.2. The van der Waals surface area contributed by atoms with Crippen molar-refractivity contribution < 1.29 is 4.74 Å². The van der Waals surface area contributed by atoms with Gasteiger partial charge in [0, 0.05) is 4.88 Å². The Bertz CT molecular complexity index is 507. The Labute approximate surface area is 98.7 Å². The third-order valence-corrected chi connectivity index (χ3v) is 3.21. The normalized spacial score (nSPS) is 9.75. The van der Waals surface area contributed by atoms with E-state index in [1.165, 1.54) is 11.3 Å². The van der Waals surface area contributed by atoms with Gasteiger partial charge in [-0.2, -0.15) is 5.26 Å². The molecule has 80 valence electrons. The Morgan fingerprint density at radius 2 is 1.94 bits per heavy atom. The number of nitriles is 1. The van der Waals surface area contributed by atoms with Crippen LogP contribution in [-0.2, 0) is 0 Å². The fraction of sp³-hybridized carbons (Fsp3) is 0.154. The van der Waals surface area contributed by atoms with E-state index in [1.54, 1.807) is 0 Å². The van der Waals surface area contributed by atoms with E-state index in [-0.39, 0.29) is 0 Å². The van der Waals surface area contributed by atoms with Crippen molar-refractivity contribution in [3.05, 3.63) is 41.3 Å². The number of thiophene rings is 1. The monoisotopic (exact) mass is 229 g/mol. The lowest BCUT2D eigenvalue weighted by Crippen LogP contribution is -1.90. The Morgan fingerprint density at radius 1 is 1.19 bits per heavy atom. The van der Waals surface area contributed by atoms with Gasteiger partial charge < -0.3 is 4.74 Å². The molecular formula is C13H11NOS. The maximum Gasteiger partial charge on any atom is 0.119 e. The molecule has 0 bridgehead atoms. The van der Waals surface area contributed by atoms with Gasteiger partial charge in [-0.05, 0) is 48.9 Å². The maximum absolute atomic E-state index is 8.75. The highest BCUT2D eigenvalue weighted by Crippen LogP contribution is 2.28. The quantitative estimate of drug-likeness (QED) is 0.804.